The average molecular weight is 325 g/mol. The topological polar surface area (TPSA) is 56.5 Å². The number of nitriles is 1. The van der Waals surface area contributed by atoms with E-state index in [0.29, 0.717) is 25.3 Å². The molecule has 1 aliphatic heterocycles. The molecule has 19 heavy (non-hydrogen) atoms. The van der Waals surface area contributed by atoms with Gasteiger partial charge in [0, 0.05) is 17.6 Å². The molecule has 0 aromatic heterocycles. The van der Waals surface area contributed by atoms with E-state index in [9.17, 15) is 5.11 Å². The van der Waals surface area contributed by atoms with Crippen LogP contribution in [0.4, 0.5) is 0 Å². The van der Waals surface area contributed by atoms with Crippen LogP contribution in [0.1, 0.15) is 17.5 Å². The van der Waals surface area contributed by atoms with Gasteiger partial charge in [0.05, 0.1) is 30.4 Å². The highest BCUT2D eigenvalue weighted by Gasteiger charge is 2.38. The van der Waals surface area contributed by atoms with E-state index in [4.69, 9.17) is 10.00 Å². The fourth-order valence-corrected chi connectivity index (χ4v) is 2.70. The molecule has 0 saturated carbocycles. The van der Waals surface area contributed by atoms with Crippen LogP contribution in [0.3, 0.4) is 0 Å². The number of rotatable bonds is 4. The molecule has 1 aromatic rings. The minimum absolute atomic E-state index is 0.0824. The van der Waals surface area contributed by atoms with Crippen LogP contribution in [0.5, 0.6) is 0 Å². The number of likely N-dealkylation sites (N-methyl/N-ethyl adjacent to an activating group) is 1. The molecule has 1 fully saturated rings. The molecule has 1 atom stereocenters. The molecule has 0 aliphatic carbocycles. The molecule has 1 aromatic carbocycles. The maximum atomic E-state index is 9.65. The Morgan fingerprint density at radius 3 is 2.95 bits per heavy atom. The molecular weight excluding hydrogens is 308 g/mol. The molecule has 5 heteroatoms. The van der Waals surface area contributed by atoms with E-state index in [1.54, 1.807) is 6.07 Å². The van der Waals surface area contributed by atoms with Crippen LogP contribution in [0, 0.1) is 11.3 Å². The molecule has 0 radical (unpaired) electrons. The molecule has 1 heterocycles. The van der Waals surface area contributed by atoms with Crippen molar-refractivity contribution in [1.82, 2.24) is 4.90 Å². The van der Waals surface area contributed by atoms with E-state index in [1.807, 2.05) is 19.2 Å². The molecule has 0 bridgehead atoms. The van der Waals surface area contributed by atoms with Crippen LogP contribution in [0.2, 0.25) is 0 Å². The van der Waals surface area contributed by atoms with Crippen LogP contribution in [0.25, 0.3) is 0 Å². The van der Waals surface area contributed by atoms with Gasteiger partial charge in [-0.15, -0.1) is 0 Å². The summed E-state index contributed by atoms with van der Waals surface area (Å²) in [5.41, 5.74) is 1.39. The molecule has 2 rings (SSSR count). The van der Waals surface area contributed by atoms with Gasteiger partial charge in [0.15, 0.2) is 0 Å². The highest BCUT2D eigenvalue weighted by atomic mass is 79.9. The predicted octanol–water partition coefficient (Wildman–Crippen LogP) is 1.90. The van der Waals surface area contributed by atoms with E-state index >= 15 is 0 Å². The lowest BCUT2D eigenvalue weighted by Gasteiger charge is -2.36. The molecular formula is C14H17BrN2O2. The second-order valence-electron chi connectivity index (χ2n) is 4.96. The number of nitrogens with zero attached hydrogens (tertiary/aromatic N) is 2. The first-order valence-electron chi connectivity index (χ1n) is 6.20. The standard InChI is InChI=1S/C14H17BrN2O2/c1-17(14(9-18)4-5-19-10-14)8-12-6-11(7-16)2-3-13(12)15/h2-3,6,18H,4-5,8-10H2,1H3. The lowest BCUT2D eigenvalue weighted by molar-refractivity contribution is 0.0313. The highest BCUT2D eigenvalue weighted by molar-refractivity contribution is 9.10. The van der Waals surface area contributed by atoms with E-state index in [2.05, 4.69) is 26.9 Å². The zero-order valence-corrected chi connectivity index (χ0v) is 12.5. The number of benzene rings is 1. The molecule has 1 aliphatic rings. The highest BCUT2D eigenvalue weighted by Crippen LogP contribution is 2.28. The summed E-state index contributed by atoms with van der Waals surface area (Å²) in [7, 11) is 1.98. The number of aliphatic hydroxyl groups excluding tert-OH is 1. The van der Waals surface area contributed by atoms with Crippen molar-refractivity contribution in [3.8, 4) is 6.07 Å². The number of aliphatic hydroxyl groups is 1. The van der Waals surface area contributed by atoms with Gasteiger partial charge >= 0.3 is 0 Å². The number of hydrogen-bond acceptors (Lipinski definition) is 4. The Kier molecular flexibility index (Phi) is 4.58. The van der Waals surface area contributed by atoms with Gasteiger partial charge in [0.2, 0.25) is 0 Å². The molecule has 4 nitrogen and oxygen atoms in total. The van der Waals surface area contributed by atoms with Gasteiger partial charge in [-0.05, 0) is 37.2 Å². The second-order valence-corrected chi connectivity index (χ2v) is 5.81. The maximum Gasteiger partial charge on any atom is 0.0991 e. The number of ether oxygens (including phenoxy) is 1. The van der Waals surface area contributed by atoms with Crippen LogP contribution < -0.4 is 0 Å². The lowest BCUT2D eigenvalue weighted by Crippen LogP contribution is -2.49. The maximum absolute atomic E-state index is 9.65. The zero-order valence-electron chi connectivity index (χ0n) is 10.9. The van der Waals surface area contributed by atoms with Crippen LogP contribution in [0.15, 0.2) is 22.7 Å². The van der Waals surface area contributed by atoms with Crippen molar-refractivity contribution in [3.63, 3.8) is 0 Å². The first kappa shape index (κ1) is 14.5. The van der Waals surface area contributed by atoms with Gasteiger partial charge in [0.1, 0.15) is 0 Å². The van der Waals surface area contributed by atoms with Crippen LogP contribution in [-0.4, -0.2) is 42.4 Å². The number of halogens is 1. The minimum atomic E-state index is -0.303. The summed E-state index contributed by atoms with van der Waals surface area (Å²) in [6, 6.07) is 7.70. The summed E-state index contributed by atoms with van der Waals surface area (Å²) >= 11 is 3.51. The van der Waals surface area contributed by atoms with Crippen LogP contribution in [-0.2, 0) is 11.3 Å². The summed E-state index contributed by atoms with van der Waals surface area (Å²) in [5.74, 6) is 0. The summed E-state index contributed by atoms with van der Waals surface area (Å²) in [4.78, 5) is 2.11. The predicted molar refractivity (Wildman–Crippen MR) is 75.6 cm³/mol. The Balaban J connectivity index is 2.18. The monoisotopic (exact) mass is 324 g/mol. The third-order valence-corrected chi connectivity index (χ3v) is 4.54. The Morgan fingerprint density at radius 1 is 1.58 bits per heavy atom. The lowest BCUT2D eigenvalue weighted by atomic mass is 9.97. The Hall–Kier alpha value is -0.930. The minimum Gasteiger partial charge on any atom is -0.394 e. The fraction of sp³-hybridized carbons (Fsp3) is 0.500. The van der Waals surface area contributed by atoms with Gasteiger partial charge in [0.25, 0.3) is 0 Å². The molecule has 1 unspecified atom stereocenters. The Morgan fingerprint density at radius 2 is 2.37 bits per heavy atom. The molecule has 102 valence electrons. The van der Waals surface area contributed by atoms with E-state index in [0.717, 1.165) is 16.5 Å². The quantitative estimate of drug-likeness (QED) is 0.919. The summed E-state index contributed by atoms with van der Waals surface area (Å²) in [5, 5.41) is 18.6. The van der Waals surface area contributed by atoms with Gasteiger partial charge in [-0.25, -0.2) is 0 Å². The molecule has 0 amide bonds. The van der Waals surface area contributed by atoms with Gasteiger partial charge in [-0.1, -0.05) is 15.9 Å². The van der Waals surface area contributed by atoms with Crippen molar-refractivity contribution in [2.75, 3.05) is 26.9 Å². The third kappa shape index (κ3) is 2.98. The van der Waals surface area contributed by atoms with Crippen molar-refractivity contribution < 1.29 is 9.84 Å². The largest absolute Gasteiger partial charge is 0.394 e. The van der Waals surface area contributed by atoms with Crippen molar-refractivity contribution in [2.45, 2.75) is 18.5 Å². The van der Waals surface area contributed by atoms with E-state index in [-0.39, 0.29) is 12.1 Å². The van der Waals surface area contributed by atoms with E-state index < -0.39 is 0 Å². The number of hydrogen-bond donors (Lipinski definition) is 1. The third-order valence-electron chi connectivity index (χ3n) is 3.77. The normalized spacial score (nSPS) is 22.7. The molecule has 1 N–H and O–H groups in total. The van der Waals surface area contributed by atoms with Crippen molar-refractivity contribution in [3.05, 3.63) is 33.8 Å². The summed E-state index contributed by atoms with van der Waals surface area (Å²) in [6.45, 7) is 1.99. The summed E-state index contributed by atoms with van der Waals surface area (Å²) in [6.07, 6.45) is 0.829. The second kappa shape index (κ2) is 6.02. The van der Waals surface area contributed by atoms with E-state index in [1.165, 1.54) is 0 Å². The van der Waals surface area contributed by atoms with Crippen molar-refractivity contribution >= 4 is 15.9 Å². The van der Waals surface area contributed by atoms with Gasteiger partial charge in [-0.3, -0.25) is 4.90 Å². The SMILES string of the molecule is CN(Cc1cc(C#N)ccc1Br)C1(CO)CCOC1. The van der Waals surface area contributed by atoms with Crippen molar-refractivity contribution in [1.29, 1.82) is 5.26 Å². The molecule has 0 spiro atoms. The van der Waals surface area contributed by atoms with Crippen molar-refractivity contribution in [2.24, 2.45) is 0 Å². The fourth-order valence-electron chi connectivity index (χ4n) is 2.33. The smallest absolute Gasteiger partial charge is 0.0991 e. The Bertz CT molecular complexity index is 493. The zero-order chi connectivity index (χ0) is 13.9. The Labute approximate surface area is 121 Å². The van der Waals surface area contributed by atoms with Gasteiger partial charge < -0.3 is 9.84 Å². The van der Waals surface area contributed by atoms with Crippen LogP contribution >= 0.6 is 15.9 Å². The molecule has 1 saturated heterocycles. The first-order valence-corrected chi connectivity index (χ1v) is 6.99. The first-order chi connectivity index (χ1) is 9.11. The summed E-state index contributed by atoms with van der Waals surface area (Å²) < 4.78 is 6.40. The van der Waals surface area contributed by atoms with Gasteiger partial charge in [-0.2, -0.15) is 5.26 Å². The average Bonchev–Trinajstić information content (AvgIpc) is 2.91.